The lowest BCUT2D eigenvalue weighted by Crippen LogP contribution is -2.51. The van der Waals surface area contributed by atoms with Crippen LogP contribution in [0.3, 0.4) is 0 Å². The molecular formula is C13H19NO. The van der Waals surface area contributed by atoms with Crippen LogP contribution in [0.5, 0.6) is 0 Å². The zero-order valence-corrected chi connectivity index (χ0v) is 9.19. The van der Waals surface area contributed by atoms with E-state index in [1.54, 1.807) is 0 Å². The van der Waals surface area contributed by atoms with Gasteiger partial charge in [-0.2, -0.15) is 0 Å². The molecule has 0 radical (unpaired) electrons. The van der Waals surface area contributed by atoms with Crippen molar-refractivity contribution in [3.63, 3.8) is 0 Å². The molecule has 0 aromatic carbocycles. The molecule has 1 atom stereocenters. The Balaban J connectivity index is 1.63. The highest BCUT2D eigenvalue weighted by Gasteiger charge is 2.35. The van der Waals surface area contributed by atoms with Gasteiger partial charge in [-0.3, -0.25) is 4.90 Å². The highest BCUT2D eigenvalue weighted by molar-refractivity contribution is 5.13. The molecule has 0 spiro atoms. The monoisotopic (exact) mass is 205 g/mol. The van der Waals surface area contributed by atoms with Crippen molar-refractivity contribution in [2.45, 2.75) is 31.8 Å². The molecule has 0 amide bonds. The second kappa shape index (κ2) is 4.01. The van der Waals surface area contributed by atoms with Gasteiger partial charge in [0, 0.05) is 13.0 Å². The summed E-state index contributed by atoms with van der Waals surface area (Å²) in [5, 5.41) is 0. The molecule has 0 saturated carbocycles. The third kappa shape index (κ3) is 1.96. The van der Waals surface area contributed by atoms with Gasteiger partial charge in [-0.25, -0.2) is 0 Å². The Hall–Kier alpha value is -0.760. The van der Waals surface area contributed by atoms with Crippen molar-refractivity contribution in [3.05, 3.63) is 24.0 Å². The van der Waals surface area contributed by atoms with E-state index >= 15 is 0 Å². The van der Waals surface area contributed by atoms with Gasteiger partial charge in [0.05, 0.1) is 5.76 Å². The third-order valence-corrected chi connectivity index (χ3v) is 3.87. The number of fused-ring (bicyclic) bond motifs is 3. The van der Waals surface area contributed by atoms with Crippen molar-refractivity contribution >= 4 is 0 Å². The van der Waals surface area contributed by atoms with E-state index in [-0.39, 0.29) is 0 Å². The van der Waals surface area contributed by atoms with Crippen LogP contribution in [0.2, 0.25) is 0 Å². The Morgan fingerprint density at radius 2 is 2.13 bits per heavy atom. The van der Waals surface area contributed by atoms with E-state index in [0.717, 1.165) is 25.3 Å². The number of nitrogens with zero attached hydrogens (tertiary/aromatic N) is 1. The smallest absolute Gasteiger partial charge is 0.114 e. The molecule has 3 saturated heterocycles. The Morgan fingerprint density at radius 3 is 2.73 bits per heavy atom. The maximum Gasteiger partial charge on any atom is 0.114 e. The molecule has 4 rings (SSSR count). The fourth-order valence-electron chi connectivity index (χ4n) is 2.92. The van der Waals surface area contributed by atoms with E-state index in [1.165, 1.54) is 31.7 Å². The van der Waals surface area contributed by atoms with Crippen LogP contribution in [0.1, 0.15) is 25.7 Å². The lowest BCUT2D eigenvalue weighted by atomic mass is 9.86. The van der Waals surface area contributed by atoms with Gasteiger partial charge in [0.25, 0.3) is 0 Å². The number of rotatable bonds is 2. The molecule has 0 N–H and O–H groups in total. The van der Waals surface area contributed by atoms with Crippen LogP contribution in [0, 0.1) is 5.92 Å². The SMILES string of the molecule is C1=CCCC(O[C@H]2CN3CCC2CC3)=C1. The number of ether oxygens (including phenoxy) is 1. The van der Waals surface area contributed by atoms with Crippen molar-refractivity contribution < 1.29 is 4.74 Å². The van der Waals surface area contributed by atoms with Crippen LogP contribution in [-0.2, 0) is 4.74 Å². The molecule has 3 fully saturated rings. The molecule has 2 heteroatoms. The average Bonchev–Trinajstić information content (AvgIpc) is 2.32. The largest absolute Gasteiger partial charge is 0.493 e. The minimum Gasteiger partial charge on any atom is -0.493 e. The molecule has 2 nitrogen and oxygen atoms in total. The minimum absolute atomic E-state index is 0.477. The first-order valence-electron chi connectivity index (χ1n) is 6.16. The molecule has 82 valence electrons. The molecule has 0 unspecified atom stereocenters. The predicted molar refractivity (Wildman–Crippen MR) is 60.5 cm³/mol. The van der Waals surface area contributed by atoms with Gasteiger partial charge >= 0.3 is 0 Å². The molecular weight excluding hydrogens is 186 g/mol. The van der Waals surface area contributed by atoms with Crippen LogP contribution in [0.25, 0.3) is 0 Å². The first-order chi connectivity index (χ1) is 7.42. The molecule has 3 aliphatic heterocycles. The lowest BCUT2D eigenvalue weighted by molar-refractivity contribution is -0.0438. The summed E-state index contributed by atoms with van der Waals surface area (Å²) in [7, 11) is 0. The van der Waals surface area contributed by atoms with E-state index in [2.05, 4.69) is 23.1 Å². The normalized spacial score (nSPS) is 38.9. The molecule has 4 aliphatic rings. The van der Waals surface area contributed by atoms with Gasteiger partial charge in [0.2, 0.25) is 0 Å². The first-order valence-corrected chi connectivity index (χ1v) is 6.16. The standard InChI is InChI=1S/C13H19NO/c1-2-4-12(5-3-1)15-13-10-14-8-6-11(13)7-9-14/h1-2,4,11,13H,3,5-10H2/t13-/m0/s1. The Labute approximate surface area is 91.6 Å². The van der Waals surface area contributed by atoms with Crippen LogP contribution in [0.15, 0.2) is 24.0 Å². The van der Waals surface area contributed by atoms with E-state index < -0.39 is 0 Å². The summed E-state index contributed by atoms with van der Waals surface area (Å²) in [5.74, 6) is 2.03. The summed E-state index contributed by atoms with van der Waals surface area (Å²) in [6.45, 7) is 3.75. The minimum atomic E-state index is 0.477. The summed E-state index contributed by atoms with van der Waals surface area (Å²) in [6, 6.07) is 0. The number of hydrogen-bond acceptors (Lipinski definition) is 2. The summed E-state index contributed by atoms with van der Waals surface area (Å²) < 4.78 is 6.13. The van der Waals surface area contributed by atoms with E-state index in [4.69, 9.17) is 4.74 Å². The van der Waals surface area contributed by atoms with Gasteiger partial charge in [-0.15, -0.1) is 0 Å². The van der Waals surface area contributed by atoms with Crippen molar-refractivity contribution in [2.24, 2.45) is 5.92 Å². The molecule has 0 aromatic rings. The van der Waals surface area contributed by atoms with Crippen molar-refractivity contribution in [2.75, 3.05) is 19.6 Å². The van der Waals surface area contributed by atoms with Gasteiger partial charge in [0.15, 0.2) is 0 Å². The second-order valence-corrected chi connectivity index (χ2v) is 4.89. The summed E-state index contributed by atoms with van der Waals surface area (Å²) in [6.07, 6.45) is 11.9. The fraction of sp³-hybridized carbons (Fsp3) is 0.692. The maximum atomic E-state index is 6.13. The van der Waals surface area contributed by atoms with E-state index in [1.807, 2.05) is 0 Å². The van der Waals surface area contributed by atoms with Crippen LogP contribution >= 0.6 is 0 Å². The lowest BCUT2D eigenvalue weighted by Gasteiger charge is -2.44. The molecule has 1 aliphatic carbocycles. The third-order valence-electron chi connectivity index (χ3n) is 3.87. The zero-order chi connectivity index (χ0) is 10.1. The molecule has 0 aromatic heterocycles. The average molecular weight is 205 g/mol. The second-order valence-electron chi connectivity index (χ2n) is 4.89. The highest BCUT2D eigenvalue weighted by Crippen LogP contribution is 2.31. The van der Waals surface area contributed by atoms with Gasteiger partial charge in [-0.05, 0) is 44.3 Å². The topological polar surface area (TPSA) is 12.5 Å². The molecule has 15 heavy (non-hydrogen) atoms. The number of piperidine rings is 3. The van der Waals surface area contributed by atoms with Gasteiger partial charge in [-0.1, -0.05) is 12.2 Å². The highest BCUT2D eigenvalue weighted by atomic mass is 16.5. The Bertz CT molecular complexity index is 287. The van der Waals surface area contributed by atoms with Crippen molar-refractivity contribution in [3.8, 4) is 0 Å². The van der Waals surface area contributed by atoms with E-state index in [9.17, 15) is 0 Å². The zero-order valence-electron chi connectivity index (χ0n) is 9.19. The summed E-state index contributed by atoms with van der Waals surface area (Å²) in [4.78, 5) is 2.55. The van der Waals surface area contributed by atoms with E-state index in [0.29, 0.717) is 6.10 Å². The molecule has 3 heterocycles. The summed E-state index contributed by atoms with van der Waals surface area (Å²) >= 11 is 0. The van der Waals surface area contributed by atoms with Crippen molar-refractivity contribution in [1.29, 1.82) is 0 Å². The predicted octanol–water partition coefficient (Wildman–Crippen LogP) is 2.33. The quantitative estimate of drug-likeness (QED) is 0.686. The van der Waals surface area contributed by atoms with Crippen LogP contribution in [0.4, 0.5) is 0 Å². The molecule has 2 bridgehead atoms. The van der Waals surface area contributed by atoms with Crippen molar-refractivity contribution in [1.82, 2.24) is 4.90 Å². The summed E-state index contributed by atoms with van der Waals surface area (Å²) in [5.41, 5.74) is 0. The number of allylic oxidation sites excluding steroid dienone is 4. The Kier molecular flexibility index (Phi) is 2.53. The van der Waals surface area contributed by atoms with Crippen LogP contribution in [-0.4, -0.2) is 30.6 Å². The Morgan fingerprint density at radius 1 is 1.27 bits per heavy atom. The van der Waals surface area contributed by atoms with Gasteiger partial charge in [0.1, 0.15) is 6.10 Å². The van der Waals surface area contributed by atoms with Crippen LogP contribution < -0.4 is 0 Å². The first kappa shape index (κ1) is 9.46. The maximum absolute atomic E-state index is 6.13. The fourth-order valence-corrected chi connectivity index (χ4v) is 2.92. The number of hydrogen-bond donors (Lipinski definition) is 0. The van der Waals surface area contributed by atoms with Gasteiger partial charge < -0.3 is 4.74 Å².